The molecule has 0 unspecified atom stereocenters. The van der Waals surface area contributed by atoms with Crippen molar-refractivity contribution < 1.29 is 8.78 Å². The van der Waals surface area contributed by atoms with Crippen LogP contribution < -0.4 is 0 Å². The third kappa shape index (κ3) is 4.10. The molecule has 0 fully saturated rings. The van der Waals surface area contributed by atoms with Crippen molar-refractivity contribution in [3.05, 3.63) is 29.6 Å². The summed E-state index contributed by atoms with van der Waals surface area (Å²) < 4.78 is 29.0. The highest BCUT2D eigenvalue weighted by molar-refractivity contribution is 7.98. The van der Waals surface area contributed by atoms with Gasteiger partial charge in [-0.3, -0.25) is 0 Å². The lowest BCUT2D eigenvalue weighted by atomic mass is 10.2. The summed E-state index contributed by atoms with van der Waals surface area (Å²) in [6.07, 6.45) is 6.54. The lowest BCUT2D eigenvalue weighted by Crippen LogP contribution is -2.03. The fraction of sp³-hybridized carbons (Fsp3) is 0.533. The summed E-state index contributed by atoms with van der Waals surface area (Å²) in [5.41, 5.74) is 0.696. The Labute approximate surface area is 132 Å². The molecule has 0 aliphatic rings. The minimum atomic E-state index is -0.630. The lowest BCUT2D eigenvalue weighted by molar-refractivity contribution is 0.577. The van der Waals surface area contributed by atoms with Crippen LogP contribution in [0.1, 0.15) is 31.5 Å². The predicted molar refractivity (Wildman–Crippen MR) is 86.1 cm³/mol. The van der Waals surface area contributed by atoms with Gasteiger partial charge in [-0.25, -0.2) is 13.8 Å². The van der Waals surface area contributed by atoms with Crippen LogP contribution in [0.4, 0.5) is 8.78 Å². The van der Waals surface area contributed by atoms with E-state index in [1.165, 1.54) is 24.7 Å². The largest absolute Gasteiger partial charge is 0.327 e. The van der Waals surface area contributed by atoms with Gasteiger partial charge >= 0.3 is 0 Å². The Morgan fingerprint density at radius 1 is 1.19 bits per heavy atom. The summed E-state index contributed by atoms with van der Waals surface area (Å²) in [5.74, 6) is 0.761. The Morgan fingerprint density at radius 2 is 1.95 bits per heavy atom. The number of nitrogens with zero attached hydrogens (tertiary/aromatic N) is 2. The van der Waals surface area contributed by atoms with E-state index in [1.807, 2.05) is 16.3 Å². The zero-order valence-electron chi connectivity index (χ0n) is 12.0. The fourth-order valence-electron chi connectivity index (χ4n) is 2.42. The van der Waals surface area contributed by atoms with E-state index < -0.39 is 11.6 Å². The number of thioether (sulfide) groups is 1. The van der Waals surface area contributed by atoms with Gasteiger partial charge in [-0.1, -0.05) is 12.8 Å². The van der Waals surface area contributed by atoms with Crippen molar-refractivity contribution in [2.24, 2.45) is 0 Å². The summed E-state index contributed by atoms with van der Waals surface area (Å²) in [5, 5.41) is 0. The second-order valence-electron chi connectivity index (χ2n) is 4.98. The van der Waals surface area contributed by atoms with E-state index in [2.05, 4.69) is 11.2 Å². The number of rotatable bonds is 8. The smallest absolute Gasteiger partial charge is 0.153 e. The quantitative estimate of drug-likeness (QED) is 0.501. The summed E-state index contributed by atoms with van der Waals surface area (Å²) >= 11 is 7.73. The Hall–Kier alpha value is -0.810. The van der Waals surface area contributed by atoms with Gasteiger partial charge in [0, 0.05) is 12.6 Å². The Bertz CT molecular complexity index is 601. The van der Waals surface area contributed by atoms with E-state index in [1.54, 1.807) is 0 Å². The zero-order valence-corrected chi connectivity index (χ0v) is 13.6. The van der Waals surface area contributed by atoms with Crippen molar-refractivity contribution in [2.75, 3.05) is 12.0 Å². The van der Waals surface area contributed by atoms with Gasteiger partial charge in [0.25, 0.3) is 0 Å². The van der Waals surface area contributed by atoms with E-state index in [4.69, 9.17) is 11.6 Å². The zero-order chi connectivity index (χ0) is 15.2. The highest BCUT2D eigenvalue weighted by atomic mass is 35.5. The van der Waals surface area contributed by atoms with Gasteiger partial charge in [-0.15, -0.1) is 11.6 Å². The van der Waals surface area contributed by atoms with Crippen molar-refractivity contribution in [3.8, 4) is 0 Å². The molecule has 2 aromatic rings. The SMILES string of the molecule is CSCCCCCCn1c(CCl)nc2c(F)cc(F)cc21. The fourth-order valence-corrected chi connectivity index (χ4v) is 3.12. The number of alkyl halides is 1. The van der Waals surface area contributed by atoms with Crippen LogP contribution in [0.25, 0.3) is 11.0 Å². The van der Waals surface area contributed by atoms with Gasteiger partial charge < -0.3 is 4.57 Å². The molecule has 1 aromatic heterocycles. The molecular weight excluding hydrogens is 314 g/mol. The summed E-state index contributed by atoms with van der Waals surface area (Å²) in [6.45, 7) is 0.695. The molecule has 0 aliphatic carbocycles. The van der Waals surface area contributed by atoms with E-state index in [0.717, 1.165) is 18.9 Å². The highest BCUT2D eigenvalue weighted by Gasteiger charge is 2.14. The minimum Gasteiger partial charge on any atom is -0.327 e. The maximum atomic E-state index is 13.7. The number of fused-ring (bicyclic) bond motifs is 1. The van der Waals surface area contributed by atoms with Gasteiger partial charge in [0.2, 0.25) is 0 Å². The highest BCUT2D eigenvalue weighted by Crippen LogP contribution is 2.22. The lowest BCUT2D eigenvalue weighted by Gasteiger charge is -2.07. The number of aryl methyl sites for hydroxylation is 1. The first-order chi connectivity index (χ1) is 10.2. The summed E-state index contributed by atoms with van der Waals surface area (Å²) in [6, 6.07) is 2.19. The predicted octanol–water partition coefficient (Wildman–Crippen LogP) is 4.98. The van der Waals surface area contributed by atoms with Gasteiger partial charge in [-0.2, -0.15) is 11.8 Å². The second kappa shape index (κ2) is 7.99. The minimum absolute atomic E-state index is 0.197. The van der Waals surface area contributed by atoms with Crippen molar-refractivity contribution in [3.63, 3.8) is 0 Å². The molecule has 116 valence electrons. The molecule has 2 nitrogen and oxygen atoms in total. The monoisotopic (exact) mass is 332 g/mol. The molecule has 0 saturated heterocycles. The molecule has 1 aromatic carbocycles. The van der Waals surface area contributed by atoms with Gasteiger partial charge in [-0.05, 0) is 30.9 Å². The summed E-state index contributed by atoms with van der Waals surface area (Å²) in [7, 11) is 0. The van der Waals surface area contributed by atoms with Crippen LogP contribution >= 0.6 is 23.4 Å². The second-order valence-corrected chi connectivity index (χ2v) is 6.23. The molecule has 0 radical (unpaired) electrons. The first-order valence-corrected chi connectivity index (χ1v) is 8.99. The van der Waals surface area contributed by atoms with Crippen LogP contribution in [-0.2, 0) is 12.4 Å². The van der Waals surface area contributed by atoms with Gasteiger partial charge in [0.1, 0.15) is 17.2 Å². The topological polar surface area (TPSA) is 17.8 Å². The number of aromatic nitrogens is 2. The van der Waals surface area contributed by atoms with Crippen LogP contribution in [0.2, 0.25) is 0 Å². The first kappa shape index (κ1) is 16.6. The van der Waals surface area contributed by atoms with Crippen LogP contribution in [0.5, 0.6) is 0 Å². The number of hydrogen-bond donors (Lipinski definition) is 0. The van der Waals surface area contributed by atoms with Gasteiger partial charge in [0.15, 0.2) is 5.82 Å². The Kier molecular flexibility index (Phi) is 6.30. The number of imidazole rings is 1. The molecule has 0 bridgehead atoms. The Morgan fingerprint density at radius 3 is 2.67 bits per heavy atom. The molecule has 1 heterocycles. The first-order valence-electron chi connectivity index (χ1n) is 7.06. The molecule has 0 N–H and O–H groups in total. The molecule has 0 saturated carbocycles. The molecule has 6 heteroatoms. The van der Waals surface area contributed by atoms with E-state index in [-0.39, 0.29) is 11.4 Å². The number of halogens is 3. The normalized spacial score (nSPS) is 11.4. The average molecular weight is 333 g/mol. The molecule has 0 amide bonds. The maximum Gasteiger partial charge on any atom is 0.153 e. The maximum absolute atomic E-state index is 13.7. The molecule has 21 heavy (non-hydrogen) atoms. The van der Waals surface area contributed by atoms with Crippen molar-refractivity contribution in [1.82, 2.24) is 9.55 Å². The van der Waals surface area contributed by atoms with Crippen LogP contribution in [0, 0.1) is 11.6 Å². The van der Waals surface area contributed by atoms with Crippen molar-refractivity contribution in [1.29, 1.82) is 0 Å². The molecule has 0 atom stereocenters. The van der Waals surface area contributed by atoms with Crippen molar-refractivity contribution in [2.45, 2.75) is 38.1 Å². The molecular formula is C15H19ClF2N2S. The van der Waals surface area contributed by atoms with Crippen molar-refractivity contribution >= 4 is 34.4 Å². The van der Waals surface area contributed by atoms with Crippen LogP contribution in [-0.4, -0.2) is 21.6 Å². The Balaban J connectivity index is 2.10. The molecule has 0 aliphatic heterocycles. The van der Waals surface area contributed by atoms with Crippen LogP contribution in [0.15, 0.2) is 12.1 Å². The number of benzene rings is 1. The van der Waals surface area contributed by atoms with E-state index in [0.29, 0.717) is 17.9 Å². The molecule has 2 rings (SSSR count). The third-order valence-electron chi connectivity index (χ3n) is 3.45. The van der Waals surface area contributed by atoms with E-state index >= 15 is 0 Å². The average Bonchev–Trinajstić information content (AvgIpc) is 2.81. The van der Waals surface area contributed by atoms with Crippen LogP contribution in [0.3, 0.4) is 0 Å². The van der Waals surface area contributed by atoms with E-state index in [9.17, 15) is 8.78 Å². The molecule has 0 spiro atoms. The standard InChI is InChI=1S/C15H19ClF2N2S/c1-21-7-5-3-2-4-6-20-13-9-11(17)8-12(18)15(13)19-14(20)10-16/h8-9H,2-7,10H2,1H3. The number of unbranched alkanes of at least 4 members (excludes halogenated alkanes) is 3. The number of hydrogen-bond acceptors (Lipinski definition) is 2. The van der Waals surface area contributed by atoms with Gasteiger partial charge in [0.05, 0.1) is 11.4 Å². The summed E-state index contributed by atoms with van der Waals surface area (Å²) in [4.78, 5) is 4.19. The third-order valence-corrected chi connectivity index (χ3v) is 4.39.